The second-order valence-corrected chi connectivity index (χ2v) is 5.86. The number of benzene rings is 2. The van der Waals surface area contributed by atoms with Crippen molar-refractivity contribution in [2.24, 2.45) is 5.73 Å². The minimum Gasteiger partial charge on any atom is -0.497 e. The third-order valence-electron chi connectivity index (χ3n) is 3.39. The molecule has 0 fully saturated rings. The number of hydrogen-bond donors (Lipinski definition) is 3. The van der Waals surface area contributed by atoms with Crippen molar-refractivity contribution >= 4 is 43.8 Å². The lowest BCUT2D eigenvalue weighted by molar-refractivity contribution is 0.0997. The van der Waals surface area contributed by atoms with Gasteiger partial charge in [-0.1, -0.05) is 23.5 Å². The van der Waals surface area contributed by atoms with Crippen LogP contribution in [-0.4, -0.2) is 25.0 Å². The van der Waals surface area contributed by atoms with Gasteiger partial charge in [0.2, 0.25) is 0 Å². The zero-order chi connectivity index (χ0) is 16.4. The zero-order valence-electron chi connectivity index (χ0n) is 12.7. The molecule has 2 aromatic carbocycles. The molecule has 0 aliphatic carbocycles. The number of rotatable bonds is 5. The average Bonchev–Trinajstić information content (AvgIpc) is 2.97. The molecular weight excluding hydrogens is 312 g/mol. The van der Waals surface area contributed by atoms with Gasteiger partial charge in [0, 0.05) is 12.7 Å². The summed E-state index contributed by atoms with van der Waals surface area (Å²) in [5.74, 6) is 0.249. The molecule has 118 valence electrons. The number of nitrogens with one attached hydrogen (secondary N) is 2. The molecule has 1 aromatic heterocycles. The molecule has 0 spiro atoms. The highest BCUT2D eigenvalue weighted by Gasteiger charge is 2.14. The highest BCUT2D eigenvalue weighted by molar-refractivity contribution is 7.19. The van der Waals surface area contributed by atoms with Crippen LogP contribution in [0.5, 0.6) is 5.75 Å². The number of ether oxygens (including phenoxy) is 1. The first-order valence-electron chi connectivity index (χ1n) is 6.94. The lowest BCUT2D eigenvalue weighted by Crippen LogP contribution is -2.13. The third-order valence-corrected chi connectivity index (χ3v) is 4.37. The van der Waals surface area contributed by atoms with Crippen molar-refractivity contribution < 1.29 is 9.53 Å². The van der Waals surface area contributed by atoms with E-state index in [1.54, 1.807) is 14.2 Å². The zero-order valence-corrected chi connectivity index (χ0v) is 13.5. The van der Waals surface area contributed by atoms with Crippen LogP contribution in [-0.2, 0) is 0 Å². The molecule has 0 unspecified atom stereocenters. The van der Waals surface area contributed by atoms with Gasteiger partial charge < -0.3 is 21.1 Å². The Bertz CT molecular complexity index is 876. The van der Waals surface area contributed by atoms with Crippen LogP contribution < -0.4 is 21.1 Å². The van der Waals surface area contributed by atoms with Gasteiger partial charge in [0.15, 0.2) is 10.8 Å². The van der Waals surface area contributed by atoms with Crippen LogP contribution >= 0.6 is 11.3 Å². The molecule has 0 radical (unpaired) electrons. The number of carbonyl (C=O) groups excluding carboxylic acids is 1. The van der Waals surface area contributed by atoms with E-state index < -0.39 is 5.91 Å². The molecule has 0 saturated heterocycles. The monoisotopic (exact) mass is 328 g/mol. The Morgan fingerprint density at radius 3 is 2.65 bits per heavy atom. The topological polar surface area (TPSA) is 89.3 Å². The van der Waals surface area contributed by atoms with Gasteiger partial charge in [-0.15, -0.1) is 0 Å². The van der Waals surface area contributed by atoms with E-state index in [1.807, 2.05) is 36.4 Å². The van der Waals surface area contributed by atoms with Crippen molar-refractivity contribution in [3.05, 3.63) is 42.1 Å². The van der Waals surface area contributed by atoms with Crippen molar-refractivity contribution in [1.29, 1.82) is 0 Å². The summed E-state index contributed by atoms with van der Waals surface area (Å²) in [7, 11) is 3.37. The van der Waals surface area contributed by atoms with Crippen molar-refractivity contribution in [2.45, 2.75) is 0 Å². The maximum atomic E-state index is 11.4. The normalized spacial score (nSPS) is 10.5. The smallest absolute Gasteiger partial charge is 0.270 e. The van der Waals surface area contributed by atoms with Gasteiger partial charge >= 0.3 is 0 Å². The van der Waals surface area contributed by atoms with E-state index in [9.17, 15) is 4.79 Å². The number of carbonyl (C=O) groups is 1. The number of methoxy groups -OCH3 is 1. The number of hydrogen-bond acceptors (Lipinski definition) is 6. The van der Waals surface area contributed by atoms with Crippen LogP contribution in [0.25, 0.3) is 10.8 Å². The number of aromatic nitrogens is 1. The van der Waals surface area contributed by atoms with Crippen molar-refractivity contribution in [2.75, 3.05) is 24.8 Å². The van der Waals surface area contributed by atoms with Gasteiger partial charge in [-0.2, -0.15) is 0 Å². The van der Waals surface area contributed by atoms with Gasteiger partial charge in [-0.3, -0.25) is 4.79 Å². The average molecular weight is 328 g/mol. The van der Waals surface area contributed by atoms with Crippen LogP contribution in [0.15, 0.2) is 36.4 Å². The number of thiazole rings is 1. The number of anilines is 3. The number of nitrogens with two attached hydrogens (primary N) is 1. The summed E-state index contributed by atoms with van der Waals surface area (Å²) in [4.78, 5) is 15.6. The van der Waals surface area contributed by atoms with Gasteiger partial charge in [0.25, 0.3) is 5.91 Å². The Kier molecular flexibility index (Phi) is 4.03. The van der Waals surface area contributed by atoms with E-state index in [-0.39, 0.29) is 5.69 Å². The Labute approximate surface area is 137 Å². The SMILES string of the molecule is CNc1sc(Nc2ccc3ccc(OC)cc3c2)nc1C(N)=O. The Morgan fingerprint density at radius 2 is 2.00 bits per heavy atom. The maximum Gasteiger partial charge on any atom is 0.270 e. The molecule has 3 aromatic rings. The van der Waals surface area contributed by atoms with E-state index in [4.69, 9.17) is 10.5 Å². The van der Waals surface area contributed by atoms with Crippen molar-refractivity contribution in [3.63, 3.8) is 0 Å². The van der Waals surface area contributed by atoms with E-state index in [0.717, 1.165) is 22.2 Å². The van der Waals surface area contributed by atoms with Gasteiger partial charge in [-0.25, -0.2) is 4.98 Å². The molecule has 4 N–H and O–H groups in total. The first-order chi connectivity index (χ1) is 11.1. The molecule has 3 rings (SSSR count). The van der Waals surface area contributed by atoms with Crippen LogP contribution in [0, 0.1) is 0 Å². The predicted molar refractivity (Wildman–Crippen MR) is 94.0 cm³/mol. The summed E-state index contributed by atoms with van der Waals surface area (Å²) in [6.45, 7) is 0. The molecule has 1 heterocycles. The standard InChI is InChI=1S/C16H16N4O2S/c1-18-15-13(14(17)21)20-16(23-15)19-11-5-3-9-4-6-12(22-2)8-10(9)7-11/h3-8,18H,1-2H3,(H2,17,21)(H,19,20). The van der Waals surface area contributed by atoms with E-state index in [1.165, 1.54) is 11.3 Å². The summed E-state index contributed by atoms with van der Waals surface area (Å²) in [5, 5.41) is 9.54. The summed E-state index contributed by atoms with van der Waals surface area (Å²) < 4.78 is 5.25. The van der Waals surface area contributed by atoms with Crippen LogP contribution in [0.1, 0.15) is 10.5 Å². The molecule has 0 atom stereocenters. The number of nitrogens with zero attached hydrogens (tertiary/aromatic N) is 1. The summed E-state index contributed by atoms with van der Waals surface area (Å²) in [6.07, 6.45) is 0. The summed E-state index contributed by atoms with van der Waals surface area (Å²) in [6, 6.07) is 11.9. The Morgan fingerprint density at radius 1 is 1.22 bits per heavy atom. The Hall–Kier alpha value is -2.80. The lowest BCUT2D eigenvalue weighted by atomic mass is 10.1. The van der Waals surface area contributed by atoms with Crippen LogP contribution in [0.4, 0.5) is 15.8 Å². The molecule has 7 heteroatoms. The number of amides is 1. The molecule has 0 aliphatic rings. The summed E-state index contributed by atoms with van der Waals surface area (Å²) >= 11 is 1.34. The first-order valence-corrected chi connectivity index (χ1v) is 7.75. The largest absolute Gasteiger partial charge is 0.497 e. The van der Waals surface area contributed by atoms with E-state index >= 15 is 0 Å². The molecule has 23 heavy (non-hydrogen) atoms. The first kappa shape index (κ1) is 15.1. The molecule has 0 saturated carbocycles. The van der Waals surface area contributed by atoms with Gasteiger partial charge in [-0.05, 0) is 35.0 Å². The lowest BCUT2D eigenvalue weighted by Gasteiger charge is -2.06. The summed E-state index contributed by atoms with van der Waals surface area (Å²) in [5.41, 5.74) is 6.44. The minimum absolute atomic E-state index is 0.238. The highest BCUT2D eigenvalue weighted by atomic mass is 32.1. The van der Waals surface area contributed by atoms with Gasteiger partial charge in [0.05, 0.1) is 7.11 Å². The fourth-order valence-corrected chi connectivity index (χ4v) is 3.11. The maximum absolute atomic E-state index is 11.4. The van der Waals surface area contributed by atoms with Gasteiger partial charge in [0.1, 0.15) is 10.8 Å². The van der Waals surface area contributed by atoms with Crippen molar-refractivity contribution in [1.82, 2.24) is 4.98 Å². The molecule has 0 aliphatic heterocycles. The van der Waals surface area contributed by atoms with E-state index in [2.05, 4.69) is 15.6 Å². The fourth-order valence-electron chi connectivity index (χ4n) is 2.26. The van der Waals surface area contributed by atoms with Crippen molar-refractivity contribution in [3.8, 4) is 5.75 Å². The number of primary amides is 1. The second-order valence-electron chi connectivity index (χ2n) is 4.86. The van der Waals surface area contributed by atoms with Crippen LogP contribution in [0.2, 0.25) is 0 Å². The van der Waals surface area contributed by atoms with Crippen LogP contribution in [0.3, 0.4) is 0 Å². The molecule has 0 bridgehead atoms. The molecule has 1 amide bonds. The quantitative estimate of drug-likeness (QED) is 0.669. The Balaban J connectivity index is 1.93. The second kappa shape index (κ2) is 6.13. The fraction of sp³-hybridized carbons (Fsp3) is 0.125. The highest BCUT2D eigenvalue weighted by Crippen LogP contribution is 2.31. The minimum atomic E-state index is -0.554. The third kappa shape index (κ3) is 3.04. The number of fused-ring (bicyclic) bond motifs is 1. The predicted octanol–water partition coefficient (Wildman–Crippen LogP) is 3.19. The molecular formula is C16H16N4O2S. The van der Waals surface area contributed by atoms with E-state index in [0.29, 0.717) is 10.1 Å². The molecule has 6 nitrogen and oxygen atoms in total.